The van der Waals surface area contributed by atoms with E-state index < -0.39 is 11.8 Å². The molecule has 0 unspecified atom stereocenters. The molecule has 1 aliphatic rings. The summed E-state index contributed by atoms with van der Waals surface area (Å²) >= 11 is 0. The number of rotatable bonds is 6. The van der Waals surface area contributed by atoms with E-state index in [4.69, 9.17) is 4.74 Å². The smallest absolute Gasteiger partial charge is 0.282 e. The van der Waals surface area contributed by atoms with Crippen LogP contribution in [0.15, 0.2) is 72.4 Å². The van der Waals surface area contributed by atoms with Crippen molar-refractivity contribution >= 4 is 28.8 Å². The van der Waals surface area contributed by atoms with E-state index in [9.17, 15) is 14.0 Å². The molecule has 0 aliphatic carbocycles. The summed E-state index contributed by atoms with van der Waals surface area (Å²) in [4.78, 5) is 28.2. The van der Waals surface area contributed by atoms with Gasteiger partial charge in [0.1, 0.15) is 17.3 Å². The van der Waals surface area contributed by atoms with Crippen LogP contribution in [0.2, 0.25) is 0 Å². The first-order chi connectivity index (χ1) is 15.7. The summed E-state index contributed by atoms with van der Waals surface area (Å²) in [6.45, 7) is 7.70. The monoisotopic (exact) mass is 444 g/mol. The minimum absolute atomic E-state index is 0.0144. The van der Waals surface area contributed by atoms with Gasteiger partial charge in [-0.05, 0) is 92.9 Å². The van der Waals surface area contributed by atoms with Crippen molar-refractivity contribution in [1.29, 1.82) is 0 Å². The van der Waals surface area contributed by atoms with Gasteiger partial charge < -0.3 is 10.1 Å². The number of carbonyl (C=O) groups excluding carboxylic acids is 2. The predicted molar refractivity (Wildman–Crippen MR) is 128 cm³/mol. The quantitative estimate of drug-likeness (QED) is 0.501. The van der Waals surface area contributed by atoms with Crippen molar-refractivity contribution in [3.8, 4) is 5.75 Å². The van der Waals surface area contributed by atoms with Gasteiger partial charge in [-0.25, -0.2) is 9.29 Å². The third-order valence-corrected chi connectivity index (χ3v) is 5.18. The van der Waals surface area contributed by atoms with Crippen LogP contribution in [0.5, 0.6) is 5.75 Å². The van der Waals surface area contributed by atoms with Crippen LogP contribution in [-0.4, -0.2) is 17.9 Å². The van der Waals surface area contributed by atoms with E-state index in [0.29, 0.717) is 22.7 Å². The Morgan fingerprint density at radius 2 is 1.45 bits per heavy atom. The summed E-state index contributed by atoms with van der Waals surface area (Å²) in [7, 11) is 0. The van der Waals surface area contributed by atoms with Crippen LogP contribution in [-0.2, 0) is 9.59 Å². The molecule has 6 heteroatoms. The zero-order chi connectivity index (χ0) is 23.7. The molecule has 0 atom stereocenters. The van der Waals surface area contributed by atoms with Crippen molar-refractivity contribution in [3.05, 3.63) is 94.9 Å². The first kappa shape index (κ1) is 22.3. The average molecular weight is 445 g/mol. The highest BCUT2D eigenvalue weighted by atomic mass is 19.1. The molecule has 1 heterocycles. The molecule has 0 saturated carbocycles. The molecule has 1 N–H and O–H groups in total. The molecule has 5 nitrogen and oxygen atoms in total. The Morgan fingerprint density at radius 1 is 0.848 bits per heavy atom. The number of nitrogens with one attached hydrogen (secondary N) is 1. The number of hydrogen-bond acceptors (Lipinski definition) is 4. The molecule has 0 fully saturated rings. The lowest BCUT2D eigenvalue weighted by Gasteiger charge is -2.17. The number of aryl methyl sites for hydroxylation is 2. The molecule has 0 saturated heterocycles. The number of carbonyl (C=O) groups is 2. The molecule has 3 aromatic rings. The zero-order valence-electron chi connectivity index (χ0n) is 19.0. The van der Waals surface area contributed by atoms with Crippen LogP contribution in [0.3, 0.4) is 0 Å². The van der Waals surface area contributed by atoms with E-state index in [1.807, 2.05) is 33.8 Å². The average Bonchev–Trinajstić information content (AvgIpc) is 2.99. The second-order valence-corrected chi connectivity index (χ2v) is 8.36. The second kappa shape index (κ2) is 8.90. The number of benzene rings is 3. The van der Waals surface area contributed by atoms with Gasteiger partial charge in [-0.15, -0.1) is 0 Å². The molecular weight excluding hydrogens is 419 g/mol. The molecule has 33 heavy (non-hydrogen) atoms. The Bertz CT molecular complexity index is 1230. The fourth-order valence-corrected chi connectivity index (χ4v) is 3.88. The van der Waals surface area contributed by atoms with Gasteiger partial charge in [0.05, 0.1) is 17.4 Å². The lowest BCUT2D eigenvalue weighted by molar-refractivity contribution is -0.120. The van der Waals surface area contributed by atoms with Crippen LogP contribution < -0.4 is 15.0 Å². The number of ether oxygens (including phenoxy) is 1. The van der Waals surface area contributed by atoms with Gasteiger partial charge in [-0.1, -0.05) is 18.2 Å². The van der Waals surface area contributed by atoms with Gasteiger partial charge in [-0.3, -0.25) is 9.59 Å². The highest BCUT2D eigenvalue weighted by molar-refractivity contribution is 6.46. The van der Waals surface area contributed by atoms with Gasteiger partial charge >= 0.3 is 0 Å². The van der Waals surface area contributed by atoms with Crippen molar-refractivity contribution in [2.75, 3.05) is 10.2 Å². The van der Waals surface area contributed by atoms with Crippen LogP contribution in [0.4, 0.5) is 15.8 Å². The molecular formula is C27H25FN2O3. The Morgan fingerprint density at radius 3 is 2.03 bits per heavy atom. The summed E-state index contributed by atoms with van der Waals surface area (Å²) in [5, 5.41) is 3.04. The minimum atomic E-state index is -0.466. The number of amides is 2. The van der Waals surface area contributed by atoms with Crippen molar-refractivity contribution < 1.29 is 18.7 Å². The Kier molecular flexibility index (Phi) is 6.01. The van der Waals surface area contributed by atoms with Crippen LogP contribution in [0, 0.1) is 19.7 Å². The minimum Gasteiger partial charge on any atom is -0.491 e. The molecule has 168 valence electrons. The Labute approximate surface area is 192 Å². The first-order valence-corrected chi connectivity index (χ1v) is 10.7. The van der Waals surface area contributed by atoms with Crippen LogP contribution in [0.25, 0.3) is 5.57 Å². The van der Waals surface area contributed by atoms with E-state index in [1.165, 1.54) is 29.2 Å². The molecule has 4 rings (SSSR count). The molecule has 0 aromatic heterocycles. The Hall–Kier alpha value is -3.93. The van der Waals surface area contributed by atoms with Gasteiger partial charge in [0.15, 0.2) is 0 Å². The zero-order valence-corrected chi connectivity index (χ0v) is 19.0. The second-order valence-electron chi connectivity index (χ2n) is 8.36. The molecule has 1 aliphatic heterocycles. The third-order valence-electron chi connectivity index (χ3n) is 5.18. The number of nitrogens with zero attached hydrogens (tertiary/aromatic N) is 1. The van der Waals surface area contributed by atoms with E-state index in [-0.39, 0.29) is 23.2 Å². The molecule has 3 aromatic carbocycles. The molecule has 0 radical (unpaired) electrons. The normalized spacial score (nSPS) is 13.8. The van der Waals surface area contributed by atoms with Gasteiger partial charge in [0.2, 0.25) is 0 Å². The summed E-state index contributed by atoms with van der Waals surface area (Å²) in [6, 6.07) is 18.3. The highest BCUT2D eigenvalue weighted by Crippen LogP contribution is 2.35. The number of anilines is 2. The van der Waals surface area contributed by atoms with E-state index >= 15 is 0 Å². The maximum atomic E-state index is 13.6. The topological polar surface area (TPSA) is 58.6 Å². The fourth-order valence-electron chi connectivity index (χ4n) is 3.88. The van der Waals surface area contributed by atoms with Gasteiger partial charge in [0.25, 0.3) is 11.8 Å². The third kappa shape index (κ3) is 4.65. The van der Waals surface area contributed by atoms with Crippen LogP contribution >= 0.6 is 0 Å². The molecule has 0 bridgehead atoms. The van der Waals surface area contributed by atoms with E-state index in [2.05, 4.69) is 5.32 Å². The summed E-state index contributed by atoms with van der Waals surface area (Å²) in [5.74, 6) is -0.606. The number of hydrogen-bond donors (Lipinski definition) is 1. The van der Waals surface area contributed by atoms with Crippen LogP contribution in [0.1, 0.15) is 30.5 Å². The van der Waals surface area contributed by atoms with Crippen molar-refractivity contribution in [2.45, 2.75) is 33.8 Å². The SMILES string of the molecule is Cc1cc(C)cc(N2C(=O)C(Nc3ccc(F)cc3)=C(c3ccc(OC(C)C)cc3)C2=O)c1. The maximum absolute atomic E-state index is 13.6. The molecule has 2 amide bonds. The fraction of sp³-hybridized carbons (Fsp3) is 0.185. The molecule has 0 spiro atoms. The summed E-state index contributed by atoms with van der Waals surface area (Å²) < 4.78 is 19.1. The number of imide groups is 1. The van der Waals surface area contributed by atoms with Crippen molar-refractivity contribution in [1.82, 2.24) is 0 Å². The lowest BCUT2D eigenvalue weighted by atomic mass is 10.0. The van der Waals surface area contributed by atoms with Gasteiger partial charge in [-0.2, -0.15) is 0 Å². The largest absolute Gasteiger partial charge is 0.491 e. The van der Waals surface area contributed by atoms with E-state index in [0.717, 1.165) is 11.1 Å². The Balaban J connectivity index is 1.79. The highest BCUT2D eigenvalue weighted by Gasteiger charge is 2.40. The predicted octanol–water partition coefficient (Wildman–Crippen LogP) is 5.63. The first-order valence-electron chi connectivity index (χ1n) is 10.7. The maximum Gasteiger partial charge on any atom is 0.282 e. The standard InChI is InChI=1S/C27H25FN2O3/c1-16(2)33-23-11-5-19(6-12-23)24-25(29-21-9-7-20(28)8-10-21)27(32)30(26(24)31)22-14-17(3)13-18(4)15-22/h5-16,29H,1-4H3. The lowest BCUT2D eigenvalue weighted by Crippen LogP contribution is -2.32. The summed E-state index contributed by atoms with van der Waals surface area (Å²) in [6.07, 6.45) is 0.0144. The van der Waals surface area contributed by atoms with Crippen molar-refractivity contribution in [2.24, 2.45) is 0 Å². The number of halogens is 1. The summed E-state index contributed by atoms with van der Waals surface area (Å²) in [5.41, 5.74) is 3.89. The van der Waals surface area contributed by atoms with E-state index in [1.54, 1.807) is 36.4 Å². The van der Waals surface area contributed by atoms with Crippen molar-refractivity contribution in [3.63, 3.8) is 0 Å². The van der Waals surface area contributed by atoms with Gasteiger partial charge in [0, 0.05) is 5.69 Å².